The molecule has 16 heavy (non-hydrogen) atoms. The molecule has 0 saturated heterocycles. The summed E-state index contributed by atoms with van der Waals surface area (Å²) in [5.74, 6) is -0.196. The lowest BCUT2D eigenvalue weighted by Crippen LogP contribution is -2.29. The van der Waals surface area contributed by atoms with Crippen molar-refractivity contribution in [3.8, 4) is 0 Å². The third-order valence-corrected chi connectivity index (χ3v) is 3.90. The van der Waals surface area contributed by atoms with Gasteiger partial charge in [-0.2, -0.15) is 0 Å². The molecule has 0 saturated carbocycles. The van der Waals surface area contributed by atoms with E-state index in [1.165, 1.54) is 11.8 Å². The minimum atomic E-state index is -0.108. The first-order chi connectivity index (χ1) is 7.49. The van der Waals surface area contributed by atoms with Crippen LogP contribution in [0.5, 0.6) is 0 Å². The van der Waals surface area contributed by atoms with Crippen molar-refractivity contribution in [1.29, 1.82) is 0 Å². The Hall–Kier alpha value is -0.680. The molecule has 0 atom stereocenters. The SMILES string of the molecule is CC(=O)CC(=O)N(C)CCc1cc(Br)cs1. The van der Waals surface area contributed by atoms with E-state index >= 15 is 0 Å². The van der Waals surface area contributed by atoms with Crippen LogP contribution >= 0.6 is 27.3 Å². The fourth-order valence-corrected chi connectivity index (χ4v) is 2.68. The molecule has 88 valence electrons. The number of carbonyl (C=O) groups is 2. The molecule has 1 amide bonds. The second-order valence-electron chi connectivity index (χ2n) is 3.68. The third kappa shape index (κ3) is 4.45. The summed E-state index contributed by atoms with van der Waals surface area (Å²) in [5.41, 5.74) is 0. The Kier molecular flexibility index (Phi) is 5.15. The van der Waals surface area contributed by atoms with Gasteiger partial charge in [-0.1, -0.05) is 0 Å². The van der Waals surface area contributed by atoms with E-state index in [0.717, 1.165) is 10.9 Å². The first-order valence-electron chi connectivity index (χ1n) is 4.95. The molecule has 5 heteroatoms. The van der Waals surface area contributed by atoms with Crippen LogP contribution in [-0.4, -0.2) is 30.2 Å². The van der Waals surface area contributed by atoms with E-state index in [2.05, 4.69) is 15.9 Å². The fourth-order valence-electron chi connectivity index (χ4n) is 1.24. The molecule has 0 aromatic carbocycles. The summed E-state index contributed by atoms with van der Waals surface area (Å²) in [6.07, 6.45) is 0.834. The summed E-state index contributed by atoms with van der Waals surface area (Å²) in [4.78, 5) is 25.1. The van der Waals surface area contributed by atoms with Crippen molar-refractivity contribution in [2.45, 2.75) is 19.8 Å². The van der Waals surface area contributed by atoms with Crippen LogP contribution in [0.4, 0.5) is 0 Å². The Morgan fingerprint density at radius 3 is 2.69 bits per heavy atom. The van der Waals surface area contributed by atoms with Gasteiger partial charge in [0.2, 0.25) is 5.91 Å². The molecule has 0 radical (unpaired) electrons. The van der Waals surface area contributed by atoms with Gasteiger partial charge in [0.15, 0.2) is 0 Å². The Morgan fingerprint density at radius 2 is 2.19 bits per heavy atom. The van der Waals surface area contributed by atoms with E-state index in [9.17, 15) is 9.59 Å². The predicted molar refractivity (Wildman–Crippen MR) is 68.7 cm³/mol. The minimum absolute atomic E-state index is 0.00460. The van der Waals surface area contributed by atoms with E-state index in [-0.39, 0.29) is 18.1 Å². The second-order valence-corrected chi connectivity index (χ2v) is 5.59. The normalized spacial score (nSPS) is 10.2. The van der Waals surface area contributed by atoms with Gasteiger partial charge in [0.1, 0.15) is 5.78 Å². The first kappa shape index (κ1) is 13.4. The van der Waals surface area contributed by atoms with Gasteiger partial charge in [0, 0.05) is 28.3 Å². The molecule has 0 N–H and O–H groups in total. The minimum Gasteiger partial charge on any atom is -0.345 e. The number of nitrogens with zero attached hydrogens (tertiary/aromatic N) is 1. The predicted octanol–water partition coefficient (Wildman–Crippen LogP) is 2.49. The van der Waals surface area contributed by atoms with E-state index in [4.69, 9.17) is 0 Å². The lowest BCUT2D eigenvalue weighted by atomic mass is 10.2. The van der Waals surface area contributed by atoms with Crippen molar-refractivity contribution in [3.63, 3.8) is 0 Å². The number of hydrogen-bond donors (Lipinski definition) is 0. The van der Waals surface area contributed by atoms with Crippen molar-refractivity contribution in [2.24, 2.45) is 0 Å². The molecule has 0 aliphatic heterocycles. The highest BCUT2D eigenvalue weighted by Crippen LogP contribution is 2.20. The maximum absolute atomic E-state index is 11.5. The summed E-state index contributed by atoms with van der Waals surface area (Å²) in [6, 6.07) is 2.05. The molecule has 0 fully saturated rings. The highest BCUT2D eigenvalue weighted by molar-refractivity contribution is 9.10. The first-order valence-corrected chi connectivity index (χ1v) is 6.62. The molecular formula is C11H14BrNO2S. The van der Waals surface area contributed by atoms with Gasteiger partial charge in [-0.25, -0.2) is 0 Å². The van der Waals surface area contributed by atoms with E-state index < -0.39 is 0 Å². The summed E-state index contributed by atoms with van der Waals surface area (Å²) in [5, 5.41) is 2.02. The third-order valence-electron chi connectivity index (χ3n) is 2.14. The second kappa shape index (κ2) is 6.15. The van der Waals surface area contributed by atoms with Crippen molar-refractivity contribution in [1.82, 2.24) is 4.90 Å². The summed E-state index contributed by atoms with van der Waals surface area (Å²) in [6.45, 7) is 2.08. The van der Waals surface area contributed by atoms with Gasteiger partial charge in [0.25, 0.3) is 0 Å². The number of rotatable bonds is 5. The highest BCUT2D eigenvalue weighted by Gasteiger charge is 2.11. The lowest BCUT2D eigenvalue weighted by molar-refractivity contribution is -0.133. The van der Waals surface area contributed by atoms with Crippen LogP contribution in [-0.2, 0) is 16.0 Å². The number of halogens is 1. The molecule has 0 spiro atoms. The van der Waals surface area contributed by atoms with Crippen molar-refractivity contribution < 1.29 is 9.59 Å². The van der Waals surface area contributed by atoms with Crippen LogP contribution < -0.4 is 0 Å². The van der Waals surface area contributed by atoms with Crippen LogP contribution in [0.25, 0.3) is 0 Å². The fraction of sp³-hybridized carbons (Fsp3) is 0.455. The van der Waals surface area contributed by atoms with Gasteiger partial charge in [-0.15, -0.1) is 11.3 Å². The van der Waals surface area contributed by atoms with Gasteiger partial charge in [-0.05, 0) is 35.3 Å². The number of thiophene rings is 1. The Bertz CT molecular complexity index is 389. The van der Waals surface area contributed by atoms with Crippen LogP contribution in [0, 0.1) is 0 Å². The molecule has 1 heterocycles. The molecule has 1 aromatic heterocycles. The molecule has 1 rings (SSSR count). The van der Waals surface area contributed by atoms with E-state index in [1.54, 1.807) is 23.3 Å². The standard InChI is InChI=1S/C11H14BrNO2S/c1-8(14)5-11(15)13(2)4-3-10-6-9(12)7-16-10/h6-7H,3-5H2,1-2H3. The average Bonchev–Trinajstić information content (AvgIpc) is 2.59. The van der Waals surface area contributed by atoms with Gasteiger partial charge >= 0.3 is 0 Å². The number of Topliss-reactive ketones (excluding diaryl/α,β-unsaturated/α-hetero) is 1. The zero-order valence-electron chi connectivity index (χ0n) is 9.33. The van der Waals surface area contributed by atoms with Crippen LogP contribution in [0.2, 0.25) is 0 Å². The number of carbonyl (C=O) groups excluding carboxylic acids is 2. The van der Waals surface area contributed by atoms with Gasteiger partial charge in [0.05, 0.1) is 6.42 Å². The molecule has 1 aromatic rings. The van der Waals surface area contributed by atoms with E-state index in [0.29, 0.717) is 6.54 Å². The molecule has 0 aliphatic carbocycles. The maximum Gasteiger partial charge on any atom is 0.229 e. The van der Waals surface area contributed by atoms with Crippen molar-refractivity contribution in [3.05, 3.63) is 20.8 Å². The number of hydrogen-bond acceptors (Lipinski definition) is 3. The van der Waals surface area contributed by atoms with Gasteiger partial charge in [-0.3, -0.25) is 9.59 Å². The van der Waals surface area contributed by atoms with Crippen molar-refractivity contribution in [2.75, 3.05) is 13.6 Å². The summed E-state index contributed by atoms with van der Waals surface area (Å²) in [7, 11) is 1.73. The largest absolute Gasteiger partial charge is 0.345 e. The topological polar surface area (TPSA) is 37.4 Å². The van der Waals surface area contributed by atoms with Crippen molar-refractivity contribution >= 4 is 39.0 Å². The number of ketones is 1. The molecule has 3 nitrogen and oxygen atoms in total. The molecule has 0 unspecified atom stereocenters. The van der Waals surface area contributed by atoms with Crippen LogP contribution in [0.15, 0.2) is 15.9 Å². The molecule has 0 aliphatic rings. The van der Waals surface area contributed by atoms with Crippen LogP contribution in [0.3, 0.4) is 0 Å². The Balaban J connectivity index is 2.37. The zero-order chi connectivity index (χ0) is 12.1. The quantitative estimate of drug-likeness (QED) is 0.784. The highest BCUT2D eigenvalue weighted by atomic mass is 79.9. The molecular weight excluding hydrogens is 290 g/mol. The number of likely N-dealkylation sites (N-methyl/N-ethyl adjacent to an activating group) is 1. The monoisotopic (exact) mass is 303 g/mol. The molecule has 0 bridgehead atoms. The Labute approximate surface area is 108 Å². The smallest absolute Gasteiger partial charge is 0.229 e. The summed E-state index contributed by atoms with van der Waals surface area (Å²) < 4.78 is 1.07. The van der Waals surface area contributed by atoms with Crippen LogP contribution in [0.1, 0.15) is 18.2 Å². The zero-order valence-corrected chi connectivity index (χ0v) is 11.7. The summed E-state index contributed by atoms with van der Waals surface area (Å²) >= 11 is 5.05. The Morgan fingerprint density at radius 1 is 1.50 bits per heavy atom. The number of amides is 1. The lowest BCUT2D eigenvalue weighted by Gasteiger charge is -2.15. The maximum atomic E-state index is 11.5. The van der Waals surface area contributed by atoms with Gasteiger partial charge < -0.3 is 4.90 Å². The van der Waals surface area contributed by atoms with E-state index in [1.807, 2.05) is 11.4 Å². The average molecular weight is 304 g/mol.